The van der Waals surface area contributed by atoms with Crippen molar-refractivity contribution < 1.29 is 67.8 Å². The van der Waals surface area contributed by atoms with Gasteiger partial charge in [-0.25, -0.2) is 0 Å². The summed E-state index contributed by atoms with van der Waals surface area (Å²) in [6.45, 7) is 1.39. The highest BCUT2D eigenvalue weighted by molar-refractivity contribution is 6.26. The van der Waals surface area contributed by atoms with Crippen molar-refractivity contribution in [2.24, 2.45) is 0 Å². The largest absolute Gasteiger partial charge is 0.456 e. The quantitative estimate of drug-likeness (QED) is 0.130. The van der Waals surface area contributed by atoms with Gasteiger partial charge in [0.1, 0.15) is 22.3 Å². The average molecular weight is 1010 g/mol. The molecule has 0 saturated heterocycles. The smallest absolute Gasteiger partial charge is 0.143 e. The molecule has 0 fully saturated rings. The van der Waals surface area contributed by atoms with E-state index in [9.17, 15) is 17.8 Å². The summed E-state index contributed by atoms with van der Waals surface area (Å²) >= 11 is 0. The van der Waals surface area contributed by atoms with E-state index in [4.69, 9.17) is 50.0 Å². The fourth-order valence-electron chi connectivity index (χ4n) is 9.26. The number of para-hydroxylation sites is 2. The van der Waals surface area contributed by atoms with Crippen LogP contribution in [0.25, 0.3) is 153 Å². The molecule has 2 aromatic heterocycles. The molecule has 0 aliphatic heterocycles. The first-order valence-corrected chi connectivity index (χ1v) is 22.3. The molecular formula is C73H46BO2. The van der Waals surface area contributed by atoms with Crippen LogP contribution in [-0.4, -0.2) is 8.41 Å². The fourth-order valence-corrected chi connectivity index (χ4v) is 9.26. The van der Waals surface area contributed by atoms with Gasteiger partial charge in [0.15, 0.2) is 0 Å². The summed E-state index contributed by atoms with van der Waals surface area (Å²) in [4.78, 5) is 0. The number of hydrogen-bond acceptors (Lipinski definition) is 2. The standard InChI is InChI=1S/C37H24O.C36H22O.B/c1-23-17-20-27-32-15-8-16-33(37(32)38-34(27)21-23)36-30-13-6-4-11-28(30)35(29-12-5-7-14-31(29)36)26-19-18-24-9-2-3-10-25(24)22-26;1-2-12-25-23(10-1)11-9-18-28(25)36-31-16-5-3-14-29(31)35(30-15-4-6-17-32(30)36)24-20-21-27-26-13-7-8-19-33(26)37-34(27)22-24;/h2-22H,1H3;1-22H;/i2D,3D,4D,5D,6D,7D,8D,9D,10D,11D,12D,13D,14D,15D,16D,17D,18D,19D,20D,21D,22D;1D,2D,3D,4D,5D,6D,7D,8D,9D,10D,11D,12D,13D,14D,15D,16D,17D,18D,19D,20D,21D,22D;. The Balaban J connectivity index is 0.000000194. The third-order valence-corrected chi connectivity index (χ3v) is 12.4. The van der Waals surface area contributed by atoms with Crippen molar-refractivity contribution in [3.05, 3.63) is 265 Å². The molecule has 76 heavy (non-hydrogen) atoms. The molecule has 3 radical (unpaired) electrons. The Bertz CT molecular complexity index is 7400. The highest BCUT2D eigenvalue weighted by Crippen LogP contribution is 2.48. The van der Waals surface area contributed by atoms with Crippen LogP contribution in [0.2, 0.25) is 0 Å². The summed E-state index contributed by atoms with van der Waals surface area (Å²) in [6, 6.07) is -34.5. The van der Waals surface area contributed by atoms with Crippen molar-refractivity contribution in [1.82, 2.24) is 0 Å². The van der Waals surface area contributed by atoms with Crippen molar-refractivity contribution in [3.63, 3.8) is 0 Å². The van der Waals surface area contributed by atoms with E-state index >= 15 is 0 Å². The molecule has 0 saturated carbocycles. The summed E-state index contributed by atoms with van der Waals surface area (Å²) in [5, 5.41) is -8.35. The third kappa shape index (κ3) is 7.12. The van der Waals surface area contributed by atoms with E-state index in [-0.39, 0.29) is 47.1 Å². The zero-order valence-electron chi connectivity index (χ0n) is 81.4. The van der Waals surface area contributed by atoms with E-state index in [0.717, 1.165) is 0 Å². The molecule has 0 aliphatic carbocycles. The van der Waals surface area contributed by atoms with Crippen molar-refractivity contribution in [3.8, 4) is 44.5 Å². The summed E-state index contributed by atoms with van der Waals surface area (Å²) < 4.78 is 392. The Labute approximate surface area is 501 Å². The lowest BCUT2D eigenvalue weighted by Crippen LogP contribution is -1.91. The monoisotopic (exact) mass is 1010 g/mol. The Morgan fingerprint density at radius 1 is 0.263 bits per heavy atom. The third-order valence-electron chi connectivity index (χ3n) is 12.4. The van der Waals surface area contributed by atoms with Crippen LogP contribution in [0.1, 0.15) is 64.5 Å². The first-order chi connectivity index (χ1) is 55.0. The van der Waals surface area contributed by atoms with E-state index in [1.807, 2.05) is 0 Å². The molecule has 14 aromatic carbocycles. The van der Waals surface area contributed by atoms with Gasteiger partial charge in [-0.3, -0.25) is 0 Å². The van der Waals surface area contributed by atoms with E-state index in [1.165, 1.54) is 6.92 Å². The topological polar surface area (TPSA) is 26.3 Å². The Morgan fingerprint density at radius 2 is 0.671 bits per heavy atom. The Hall–Kier alpha value is -9.70. The van der Waals surface area contributed by atoms with Gasteiger partial charge in [0, 0.05) is 41.1 Å². The van der Waals surface area contributed by atoms with Gasteiger partial charge in [0.2, 0.25) is 0 Å². The number of rotatable bonds is 4. The van der Waals surface area contributed by atoms with Crippen LogP contribution in [0.5, 0.6) is 0 Å². The number of fused-ring (bicyclic) bond motifs is 12. The molecule has 0 atom stereocenters. The predicted molar refractivity (Wildman–Crippen MR) is 325 cm³/mol. The second-order valence-corrected chi connectivity index (χ2v) is 16.5. The van der Waals surface area contributed by atoms with Crippen LogP contribution in [0.15, 0.2) is 269 Å². The molecule has 2 nitrogen and oxygen atoms in total. The van der Waals surface area contributed by atoms with Gasteiger partial charge in [-0.05, 0) is 141 Å². The van der Waals surface area contributed by atoms with Gasteiger partial charge in [-0.15, -0.1) is 0 Å². The number of hydrogen-bond donors (Lipinski definition) is 0. The maximum Gasteiger partial charge on any atom is 0.143 e. The molecule has 353 valence electrons. The zero-order chi connectivity index (χ0) is 87.0. The van der Waals surface area contributed by atoms with E-state index in [1.54, 1.807) is 0 Å². The van der Waals surface area contributed by atoms with Crippen molar-refractivity contribution in [1.29, 1.82) is 0 Å². The first-order valence-electron chi connectivity index (χ1n) is 43.8. The molecule has 0 unspecified atom stereocenters. The minimum Gasteiger partial charge on any atom is -0.456 e. The maximum absolute atomic E-state index is 9.44. The highest BCUT2D eigenvalue weighted by atomic mass is 16.3. The normalized spacial score (nSPS) is 19.6. The van der Waals surface area contributed by atoms with E-state index in [0.29, 0.717) is 0 Å². The maximum atomic E-state index is 9.44. The minimum atomic E-state index is -0.912. The minimum absolute atomic E-state index is 0. The molecular weight excluding hydrogens is 920 g/mol. The molecule has 3 heteroatoms. The fraction of sp³-hybridized carbons (Fsp3) is 0.0137. The van der Waals surface area contributed by atoms with E-state index < -0.39 is 380 Å². The summed E-state index contributed by atoms with van der Waals surface area (Å²) in [6.07, 6.45) is 0. The van der Waals surface area contributed by atoms with Gasteiger partial charge in [0.05, 0.1) is 58.9 Å². The van der Waals surface area contributed by atoms with Crippen LogP contribution in [0, 0.1) is 6.92 Å². The van der Waals surface area contributed by atoms with Crippen molar-refractivity contribution >= 4 is 117 Å². The van der Waals surface area contributed by atoms with Gasteiger partial charge < -0.3 is 8.83 Å². The second-order valence-electron chi connectivity index (χ2n) is 16.5. The van der Waals surface area contributed by atoms with Gasteiger partial charge in [-0.2, -0.15) is 0 Å². The van der Waals surface area contributed by atoms with E-state index in [2.05, 4.69) is 0 Å². The van der Waals surface area contributed by atoms with Crippen LogP contribution in [0.3, 0.4) is 0 Å². The van der Waals surface area contributed by atoms with Gasteiger partial charge >= 0.3 is 0 Å². The highest BCUT2D eigenvalue weighted by Gasteiger charge is 2.22. The molecule has 0 bridgehead atoms. The molecule has 16 rings (SSSR count). The second kappa shape index (κ2) is 18.1. The lowest BCUT2D eigenvalue weighted by Gasteiger charge is -2.18. The van der Waals surface area contributed by atoms with Crippen molar-refractivity contribution in [2.75, 3.05) is 0 Å². The molecule has 0 spiro atoms. The van der Waals surface area contributed by atoms with Gasteiger partial charge in [-0.1, -0.05) is 230 Å². The zero-order valence-corrected chi connectivity index (χ0v) is 38.4. The summed E-state index contributed by atoms with van der Waals surface area (Å²) in [7, 11) is 0. The van der Waals surface area contributed by atoms with Crippen LogP contribution < -0.4 is 0 Å². The first kappa shape index (κ1) is 18.9. The molecule has 16 aromatic rings. The molecule has 0 N–H and O–H groups in total. The Kier molecular flexibility index (Phi) is 4.49. The summed E-state index contributed by atoms with van der Waals surface area (Å²) in [5.41, 5.74) is -6.69. The number of furan rings is 2. The number of benzene rings is 14. The summed E-state index contributed by atoms with van der Waals surface area (Å²) in [5.74, 6) is 0. The van der Waals surface area contributed by atoms with Crippen LogP contribution >= 0.6 is 0 Å². The lowest BCUT2D eigenvalue weighted by molar-refractivity contribution is 0.669. The Morgan fingerprint density at radius 3 is 1.32 bits per heavy atom. The average Bonchev–Trinajstić information content (AvgIpc) is 1.31. The predicted octanol–water partition coefficient (Wildman–Crippen LogP) is 20.7. The van der Waals surface area contributed by atoms with Crippen molar-refractivity contribution in [2.45, 2.75) is 6.92 Å². The van der Waals surface area contributed by atoms with Gasteiger partial charge in [0.25, 0.3) is 0 Å². The molecule has 0 amide bonds. The molecule has 0 aliphatic rings. The van der Waals surface area contributed by atoms with Crippen LogP contribution in [0.4, 0.5) is 0 Å². The lowest BCUT2D eigenvalue weighted by atomic mass is 9.84. The molecule has 2 heterocycles. The van der Waals surface area contributed by atoms with Crippen LogP contribution in [-0.2, 0) is 0 Å². The SMILES string of the molecule is [2H]c1c([2H])c([2H])c2c(oc3c([2H])c(-c4c5c([2H])c([2H])c([2H])c([2H])c5c(-c5c([2H])c([2H])c([2H])c6c([2H])c([2H])c([2H])c([2H])c56)c5c([2H])c([2H])c([2H])c([2H])c45)c([2H])c([2H])c32)c1[2H].[2H]c1c([2H])c([2H])c2c(oc3c([2H])c(C)c([2H])c([2H])c32)c1-c1c2c([2H])c([2H])c([2H])c([2H])c2c(-c2c([2H])c([2H])c3c([2H])c([2H])c([2H])c([2H])c3c2[2H])c2c([2H])c([2H])c([2H])c([2H])c12.[B].